The number of likely N-dealkylation sites (N-methyl/N-ethyl adjacent to an activating group) is 1. The van der Waals surface area contributed by atoms with E-state index >= 15 is 0 Å². The van der Waals surface area contributed by atoms with Crippen LogP contribution in [0.5, 0.6) is 0 Å². The first-order valence-electron chi connectivity index (χ1n) is 7.27. The molecule has 0 aliphatic carbocycles. The normalized spacial score (nSPS) is 10.8. The third-order valence-corrected chi connectivity index (χ3v) is 3.57. The van der Waals surface area contributed by atoms with E-state index in [2.05, 4.69) is 10.2 Å². The molecule has 0 atom stereocenters. The fourth-order valence-corrected chi connectivity index (χ4v) is 2.16. The average Bonchev–Trinajstić information content (AvgIpc) is 2.49. The minimum Gasteiger partial charge on any atom is -0.322 e. The van der Waals surface area contributed by atoms with Crippen molar-refractivity contribution in [2.45, 2.75) is 13.3 Å². The van der Waals surface area contributed by atoms with E-state index in [0.717, 1.165) is 13.0 Å². The topological polar surface area (TPSA) is 32.3 Å². The van der Waals surface area contributed by atoms with Crippen LogP contribution >= 0.6 is 0 Å². The highest BCUT2D eigenvalue weighted by Gasteiger charge is 2.11. The summed E-state index contributed by atoms with van der Waals surface area (Å²) in [7, 11) is 4.08. The largest absolute Gasteiger partial charge is 0.322 e. The van der Waals surface area contributed by atoms with E-state index in [1.54, 1.807) is 19.1 Å². The third kappa shape index (κ3) is 4.15. The van der Waals surface area contributed by atoms with E-state index in [-0.39, 0.29) is 11.7 Å². The van der Waals surface area contributed by atoms with E-state index in [9.17, 15) is 9.18 Å². The van der Waals surface area contributed by atoms with Crippen molar-refractivity contribution in [3.8, 4) is 0 Å². The van der Waals surface area contributed by atoms with Crippen molar-refractivity contribution < 1.29 is 9.18 Å². The summed E-state index contributed by atoms with van der Waals surface area (Å²) in [4.78, 5) is 14.3. The lowest BCUT2D eigenvalue weighted by Gasteiger charge is -2.11. The van der Waals surface area contributed by atoms with Crippen molar-refractivity contribution in [3.05, 3.63) is 65.0 Å². The molecular formula is C18H21FN2O. The number of anilines is 1. The third-order valence-electron chi connectivity index (χ3n) is 3.57. The second kappa shape index (κ2) is 7.18. The van der Waals surface area contributed by atoms with Gasteiger partial charge in [0.05, 0.1) is 0 Å². The molecule has 3 nitrogen and oxygen atoms in total. The molecule has 2 aromatic rings. The second-order valence-electron chi connectivity index (χ2n) is 5.62. The van der Waals surface area contributed by atoms with Crippen LogP contribution in [0.2, 0.25) is 0 Å². The molecule has 0 aromatic heterocycles. The van der Waals surface area contributed by atoms with Gasteiger partial charge < -0.3 is 10.2 Å². The van der Waals surface area contributed by atoms with Gasteiger partial charge in [0.1, 0.15) is 5.82 Å². The molecule has 0 aliphatic rings. The Hall–Kier alpha value is -2.20. The van der Waals surface area contributed by atoms with Crippen molar-refractivity contribution in [2.75, 3.05) is 26.0 Å². The first-order valence-corrected chi connectivity index (χ1v) is 7.27. The summed E-state index contributed by atoms with van der Waals surface area (Å²) in [6.07, 6.45) is 0.963. The van der Waals surface area contributed by atoms with Gasteiger partial charge in [-0.1, -0.05) is 18.2 Å². The highest BCUT2D eigenvalue weighted by molar-refractivity contribution is 6.05. The number of amides is 1. The second-order valence-corrected chi connectivity index (χ2v) is 5.62. The van der Waals surface area contributed by atoms with E-state index in [4.69, 9.17) is 0 Å². The maximum Gasteiger partial charge on any atom is 0.256 e. The number of rotatable bonds is 5. The number of nitrogens with one attached hydrogen (secondary N) is 1. The van der Waals surface area contributed by atoms with Crippen LogP contribution in [0.4, 0.5) is 10.1 Å². The molecule has 1 N–H and O–H groups in total. The van der Waals surface area contributed by atoms with Crippen LogP contribution < -0.4 is 5.32 Å². The Morgan fingerprint density at radius 1 is 1.14 bits per heavy atom. The van der Waals surface area contributed by atoms with Crippen LogP contribution in [0, 0.1) is 12.7 Å². The van der Waals surface area contributed by atoms with Crippen molar-refractivity contribution in [1.29, 1.82) is 0 Å². The fourth-order valence-electron chi connectivity index (χ4n) is 2.16. The van der Waals surface area contributed by atoms with Crippen LogP contribution in [-0.4, -0.2) is 31.4 Å². The standard InChI is InChI=1S/C18H21FN2O/c1-13-16(5-4-6-17(13)19)18(22)20-15-9-7-14(8-10-15)11-12-21(2)3/h4-10H,11-12H2,1-3H3,(H,20,22). The zero-order valence-corrected chi connectivity index (χ0v) is 13.2. The Morgan fingerprint density at radius 2 is 1.82 bits per heavy atom. The summed E-state index contributed by atoms with van der Waals surface area (Å²) in [6.45, 7) is 2.59. The zero-order valence-electron chi connectivity index (χ0n) is 13.2. The highest BCUT2D eigenvalue weighted by Crippen LogP contribution is 2.16. The summed E-state index contributed by atoms with van der Waals surface area (Å²) < 4.78 is 13.5. The fraction of sp³-hybridized carbons (Fsp3) is 0.278. The van der Waals surface area contributed by atoms with Crippen LogP contribution in [0.25, 0.3) is 0 Å². The number of nitrogens with zero attached hydrogens (tertiary/aromatic N) is 1. The number of hydrogen-bond donors (Lipinski definition) is 1. The molecule has 0 unspecified atom stereocenters. The predicted octanol–water partition coefficient (Wildman–Crippen LogP) is 3.49. The van der Waals surface area contributed by atoms with Crippen LogP contribution in [0.1, 0.15) is 21.5 Å². The lowest BCUT2D eigenvalue weighted by atomic mass is 10.1. The molecule has 22 heavy (non-hydrogen) atoms. The Balaban J connectivity index is 2.04. The lowest BCUT2D eigenvalue weighted by Crippen LogP contribution is -2.15. The molecule has 2 rings (SSSR count). The number of carbonyl (C=O) groups is 1. The van der Waals surface area contributed by atoms with Gasteiger partial charge in [0.25, 0.3) is 5.91 Å². The summed E-state index contributed by atoms with van der Waals surface area (Å²) in [5.41, 5.74) is 2.65. The van der Waals surface area contributed by atoms with Crippen molar-refractivity contribution in [2.24, 2.45) is 0 Å². The van der Waals surface area contributed by atoms with Crippen LogP contribution in [-0.2, 0) is 6.42 Å². The summed E-state index contributed by atoms with van der Waals surface area (Å²) in [6, 6.07) is 12.3. The molecule has 0 saturated heterocycles. The summed E-state index contributed by atoms with van der Waals surface area (Å²) in [5.74, 6) is -0.662. The molecule has 0 aliphatic heterocycles. The quantitative estimate of drug-likeness (QED) is 0.916. The van der Waals surface area contributed by atoms with Crippen LogP contribution in [0.3, 0.4) is 0 Å². The average molecular weight is 300 g/mol. The van der Waals surface area contributed by atoms with Crippen LogP contribution in [0.15, 0.2) is 42.5 Å². The van der Waals surface area contributed by atoms with Gasteiger partial charge in [-0.15, -0.1) is 0 Å². The highest BCUT2D eigenvalue weighted by atomic mass is 19.1. The monoisotopic (exact) mass is 300 g/mol. The first kappa shape index (κ1) is 16.2. The summed E-state index contributed by atoms with van der Waals surface area (Å²) in [5, 5.41) is 2.80. The Bertz CT molecular complexity index is 651. The maximum absolute atomic E-state index is 13.5. The SMILES string of the molecule is Cc1c(F)cccc1C(=O)Nc1ccc(CCN(C)C)cc1. The number of benzene rings is 2. The number of halogens is 1. The van der Waals surface area contributed by atoms with E-state index < -0.39 is 0 Å². The van der Waals surface area contributed by atoms with E-state index in [1.165, 1.54) is 11.6 Å². The van der Waals surface area contributed by atoms with Crippen molar-refractivity contribution in [1.82, 2.24) is 4.90 Å². The Labute approximate surface area is 130 Å². The smallest absolute Gasteiger partial charge is 0.256 e. The Kier molecular flexibility index (Phi) is 5.28. The summed E-state index contributed by atoms with van der Waals surface area (Å²) >= 11 is 0. The molecule has 116 valence electrons. The van der Waals surface area contributed by atoms with Crippen molar-refractivity contribution >= 4 is 11.6 Å². The number of carbonyl (C=O) groups excluding carboxylic acids is 1. The molecular weight excluding hydrogens is 279 g/mol. The minimum absolute atomic E-state index is 0.293. The molecule has 0 bridgehead atoms. The maximum atomic E-state index is 13.5. The van der Waals surface area contributed by atoms with Gasteiger partial charge in [-0.2, -0.15) is 0 Å². The van der Waals surface area contributed by atoms with Gasteiger partial charge >= 0.3 is 0 Å². The molecule has 0 fully saturated rings. The van der Waals surface area contributed by atoms with Gasteiger partial charge in [0.2, 0.25) is 0 Å². The zero-order chi connectivity index (χ0) is 16.1. The molecule has 0 heterocycles. The van der Waals surface area contributed by atoms with Gasteiger partial charge in [0.15, 0.2) is 0 Å². The molecule has 1 amide bonds. The van der Waals surface area contributed by atoms with Gasteiger partial charge in [0, 0.05) is 17.8 Å². The lowest BCUT2D eigenvalue weighted by molar-refractivity contribution is 0.102. The molecule has 0 radical (unpaired) electrons. The molecule has 2 aromatic carbocycles. The number of hydrogen-bond acceptors (Lipinski definition) is 2. The van der Waals surface area contributed by atoms with E-state index in [1.807, 2.05) is 38.4 Å². The predicted molar refractivity (Wildman–Crippen MR) is 87.8 cm³/mol. The van der Waals surface area contributed by atoms with Crippen molar-refractivity contribution in [3.63, 3.8) is 0 Å². The Morgan fingerprint density at radius 3 is 2.45 bits per heavy atom. The van der Waals surface area contributed by atoms with Gasteiger partial charge in [-0.25, -0.2) is 4.39 Å². The van der Waals surface area contributed by atoms with Gasteiger partial charge in [-0.3, -0.25) is 4.79 Å². The van der Waals surface area contributed by atoms with Gasteiger partial charge in [-0.05, 0) is 62.8 Å². The molecule has 4 heteroatoms. The molecule has 0 saturated carbocycles. The first-order chi connectivity index (χ1) is 10.5. The minimum atomic E-state index is -0.369. The van der Waals surface area contributed by atoms with E-state index in [0.29, 0.717) is 16.8 Å². The molecule has 0 spiro atoms.